The third-order valence-electron chi connectivity index (χ3n) is 3.88. The third kappa shape index (κ3) is 4.46. The number of hydrogen-bond acceptors (Lipinski definition) is 5. The van der Waals surface area contributed by atoms with E-state index in [4.69, 9.17) is 4.74 Å². The average molecular weight is 356 g/mol. The maximum atomic E-state index is 12.0. The monoisotopic (exact) mass is 356 g/mol. The molecule has 1 heterocycles. The van der Waals surface area contributed by atoms with Crippen molar-refractivity contribution in [2.24, 2.45) is 5.92 Å². The molecule has 0 radical (unpaired) electrons. The van der Waals surface area contributed by atoms with Crippen molar-refractivity contribution in [3.63, 3.8) is 0 Å². The first-order chi connectivity index (χ1) is 11.2. The number of anilines is 1. The van der Waals surface area contributed by atoms with Gasteiger partial charge in [0.25, 0.3) is 0 Å². The molecule has 0 bridgehead atoms. The Labute approximate surface area is 142 Å². The van der Waals surface area contributed by atoms with E-state index in [1.54, 1.807) is 31.3 Å². The zero-order valence-electron chi connectivity index (χ0n) is 14.1. The number of ether oxygens (including phenoxy) is 1. The summed E-state index contributed by atoms with van der Waals surface area (Å²) < 4.78 is 32.0. The summed E-state index contributed by atoms with van der Waals surface area (Å²) in [5.41, 5.74) is 1.25. The highest BCUT2D eigenvalue weighted by Crippen LogP contribution is 2.29. The second-order valence-corrected chi connectivity index (χ2v) is 8.15. The van der Waals surface area contributed by atoms with Gasteiger partial charge in [-0.25, -0.2) is 8.42 Å². The van der Waals surface area contributed by atoms with Gasteiger partial charge in [-0.3, -0.25) is 9.52 Å². The first-order valence-corrected chi connectivity index (χ1v) is 9.47. The number of aliphatic hydroxyl groups is 1. The van der Waals surface area contributed by atoms with Gasteiger partial charge >= 0.3 is 0 Å². The van der Waals surface area contributed by atoms with Crippen molar-refractivity contribution in [2.75, 3.05) is 30.7 Å². The van der Waals surface area contributed by atoms with Gasteiger partial charge in [0.1, 0.15) is 12.7 Å². The molecule has 2 rings (SSSR count). The number of amides is 1. The lowest BCUT2D eigenvalue weighted by Crippen LogP contribution is -2.50. The van der Waals surface area contributed by atoms with Gasteiger partial charge < -0.3 is 14.7 Å². The molecule has 0 aromatic heterocycles. The lowest BCUT2D eigenvalue weighted by molar-refractivity contribution is -0.157. The number of aliphatic hydroxyl groups excluding tert-OH is 1. The molecular formula is C16H24N2O5S. The number of carbonyl (C=O) groups is 1. The molecule has 2 atom stereocenters. The Morgan fingerprint density at radius 2 is 1.96 bits per heavy atom. The molecule has 0 unspecified atom stereocenters. The van der Waals surface area contributed by atoms with Gasteiger partial charge in [0.05, 0.1) is 18.4 Å². The third-order valence-corrected chi connectivity index (χ3v) is 5.53. The minimum atomic E-state index is -3.38. The molecule has 1 aromatic rings. The molecule has 1 amide bonds. The summed E-state index contributed by atoms with van der Waals surface area (Å²) in [7, 11) is -1.75. The maximum Gasteiger partial charge on any atom is 0.248 e. The summed E-state index contributed by atoms with van der Waals surface area (Å²) >= 11 is 0. The van der Waals surface area contributed by atoms with Crippen LogP contribution in [0.15, 0.2) is 24.3 Å². The van der Waals surface area contributed by atoms with E-state index in [2.05, 4.69) is 4.72 Å². The summed E-state index contributed by atoms with van der Waals surface area (Å²) in [5.74, 6) is -0.0841. The minimum Gasteiger partial charge on any atom is -0.394 e. The number of nitrogens with one attached hydrogen (secondary N) is 1. The van der Waals surface area contributed by atoms with Gasteiger partial charge in [0, 0.05) is 12.7 Å². The van der Waals surface area contributed by atoms with Gasteiger partial charge in [-0.2, -0.15) is 0 Å². The molecule has 1 aliphatic rings. The van der Waals surface area contributed by atoms with Crippen LogP contribution in [-0.2, 0) is 19.6 Å². The quantitative estimate of drug-likeness (QED) is 0.792. The van der Waals surface area contributed by atoms with Crippen molar-refractivity contribution in [1.29, 1.82) is 0 Å². The first kappa shape index (κ1) is 18.7. The van der Waals surface area contributed by atoms with Crippen LogP contribution in [0.2, 0.25) is 0 Å². The zero-order chi connectivity index (χ0) is 17.9. The van der Waals surface area contributed by atoms with Crippen LogP contribution in [0.5, 0.6) is 0 Å². The van der Waals surface area contributed by atoms with Crippen LogP contribution in [0, 0.1) is 5.92 Å². The molecule has 2 N–H and O–H groups in total. The molecule has 0 saturated carbocycles. The van der Waals surface area contributed by atoms with Crippen molar-refractivity contribution >= 4 is 21.6 Å². The van der Waals surface area contributed by atoms with Crippen molar-refractivity contribution in [1.82, 2.24) is 4.90 Å². The number of morpholine rings is 1. The van der Waals surface area contributed by atoms with E-state index >= 15 is 0 Å². The Morgan fingerprint density at radius 3 is 2.50 bits per heavy atom. The standard InChI is InChI=1S/C16H24N2O5S/c1-11(2)10-24(21,22)17-13-6-4-12(5-7-13)16-14(8-19)18(3)15(20)9-23-16/h4-7,11,14,16-17,19H,8-10H2,1-3H3/t14-,16-/m1/s1. The van der Waals surface area contributed by atoms with Gasteiger partial charge in [-0.1, -0.05) is 26.0 Å². The van der Waals surface area contributed by atoms with E-state index in [1.165, 1.54) is 4.90 Å². The van der Waals surface area contributed by atoms with Crippen LogP contribution < -0.4 is 4.72 Å². The van der Waals surface area contributed by atoms with Gasteiger partial charge in [-0.05, 0) is 23.6 Å². The van der Waals surface area contributed by atoms with Crippen molar-refractivity contribution in [3.05, 3.63) is 29.8 Å². The number of sulfonamides is 1. The fourth-order valence-electron chi connectivity index (χ4n) is 2.70. The Bertz CT molecular complexity index is 672. The fourth-order valence-corrected chi connectivity index (χ4v) is 4.16. The molecular weight excluding hydrogens is 332 g/mol. The molecule has 1 saturated heterocycles. The summed E-state index contributed by atoms with van der Waals surface area (Å²) in [4.78, 5) is 13.1. The predicted octanol–water partition coefficient (Wildman–Crippen LogP) is 0.975. The maximum absolute atomic E-state index is 12.0. The van der Waals surface area contributed by atoms with Crippen molar-refractivity contribution in [3.8, 4) is 0 Å². The Morgan fingerprint density at radius 1 is 1.33 bits per heavy atom. The van der Waals surface area contributed by atoms with Gasteiger partial charge in [0.2, 0.25) is 15.9 Å². The smallest absolute Gasteiger partial charge is 0.248 e. The number of nitrogens with zero attached hydrogens (tertiary/aromatic N) is 1. The number of hydrogen-bond donors (Lipinski definition) is 2. The highest BCUT2D eigenvalue weighted by atomic mass is 32.2. The highest BCUT2D eigenvalue weighted by molar-refractivity contribution is 7.92. The molecule has 1 fully saturated rings. The number of carbonyl (C=O) groups excluding carboxylic acids is 1. The number of rotatable bonds is 6. The lowest BCUT2D eigenvalue weighted by Gasteiger charge is -2.38. The topological polar surface area (TPSA) is 95.9 Å². The molecule has 7 nitrogen and oxygen atoms in total. The lowest BCUT2D eigenvalue weighted by atomic mass is 10.00. The second-order valence-electron chi connectivity index (χ2n) is 6.39. The molecule has 134 valence electrons. The van der Waals surface area contributed by atoms with E-state index in [1.807, 2.05) is 13.8 Å². The van der Waals surface area contributed by atoms with E-state index in [0.717, 1.165) is 5.56 Å². The van der Waals surface area contributed by atoms with E-state index in [-0.39, 0.29) is 30.8 Å². The summed E-state index contributed by atoms with van der Waals surface area (Å²) in [6.07, 6.45) is -0.445. The van der Waals surface area contributed by atoms with Crippen molar-refractivity contribution in [2.45, 2.75) is 26.0 Å². The largest absolute Gasteiger partial charge is 0.394 e. The van der Waals surface area contributed by atoms with Crippen LogP contribution in [0.25, 0.3) is 0 Å². The van der Waals surface area contributed by atoms with Crippen LogP contribution in [0.4, 0.5) is 5.69 Å². The zero-order valence-corrected chi connectivity index (χ0v) is 14.9. The summed E-state index contributed by atoms with van der Waals surface area (Å²) in [6.45, 7) is 3.43. The van der Waals surface area contributed by atoms with E-state index < -0.39 is 22.2 Å². The average Bonchev–Trinajstić information content (AvgIpc) is 2.49. The molecule has 1 aliphatic heterocycles. The van der Waals surface area contributed by atoms with E-state index in [0.29, 0.717) is 5.69 Å². The predicted molar refractivity (Wildman–Crippen MR) is 91.0 cm³/mol. The van der Waals surface area contributed by atoms with Crippen LogP contribution in [-0.4, -0.2) is 56.4 Å². The second kappa shape index (κ2) is 7.50. The summed E-state index contributed by atoms with van der Waals surface area (Å²) in [6, 6.07) is 6.33. The molecule has 0 aliphatic carbocycles. The fraction of sp³-hybridized carbons (Fsp3) is 0.562. The van der Waals surface area contributed by atoms with Crippen LogP contribution in [0.1, 0.15) is 25.5 Å². The van der Waals surface area contributed by atoms with Crippen molar-refractivity contribution < 1.29 is 23.1 Å². The molecule has 8 heteroatoms. The number of benzene rings is 1. The number of likely N-dealkylation sites (N-methyl/N-ethyl adjacent to an activating group) is 1. The van der Waals surface area contributed by atoms with E-state index in [9.17, 15) is 18.3 Å². The Hall–Kier alpha value is -1.64. The normalized spacial score (nSPS) is 22.0. The van der Waals surface area contributed by atoms with Gasteiger partial charge in [0.15, 0.2) is 0 Å². The molecule has 1 aromatic carbocycles. The van der Waals surface area contributed by atoms with Crippen LogP contribution in [0.3, 0.4) is 0 Å². The van der Waals surface area contributed by atoms with Crippen LogP contribution >= 0.6 is 0 Å². The Kier molecular flexibility index (Phi) is 5.84. The first-order valence-electron chi connectivity index (χ1n) is 7.82. The van der Waals surface area contributed by atoms with Gasteiger partial charge in [-0.15, -0.1) is 0 Å². The highest BCUT2D eigenvalue weighted by Gasteiger charge is 2.34. The Balaban J connectivity index is 2.13. The summed E-state index contributed by atoms with van der Waals surface area (Å²) in [5, 5.41) is 9.54. The minimum absolute atomic E-state index is 0.0378. The molecule has 24 heavy (non-hydrogen) atoms. The molecule has 0 spiro atoms. The SMILES string of the molecule is CC(C)CS(=O)(=O)Nc1ccc([C@H]2OCC(=O)N(C)[C@@H]2CO)cc1.